The van der Waals surface area contributed by atoms with Crippen LogP contribution < -0.4 is 11.1 Å². The van der Waals surface area contributed by atoms with Crippen LogP contribution in [0.5, 0.6) is 0 Å². The average molecular weight is 229 g/mol. The number of para-hydroxylation sites is 1. The molecule has 0 atom stereocenters. The van der Waals surface area contributed by atoms with Gasteiger partial charge < -0.3 is 16.0 Å². The van der Waals surface area contributed by atoms with Crippen molar-refractivity contribution in [2.45, 2.75) is 12.8 Å². The fraction of sp³-hybridized carbons (Fsp3) is 0.308. The lowest BCUT2D eigenvalue weighted by Gasteiger charge is -2.00. The molecule has 1 heterocycles. The van der Waals surface area contributed by atoms with Crippen LogP contribution in [-0.4, -0.2) is 17.4 Å². The predicted molar refractivity (Wildman–Crippen MR) is 67.8 cm³/mol. The number of nitrogens with one attached hydrogen (secondary N) is 2. The molecule has 0 aliphatic heterocycles. The molecule has 2 aromatic rings. The number of H-pyrrole nitrogens is 1. The van der Waals surface area contributed by atoms with Crippen molar-refractivity contribution in [3.63, 3.8) is 0 Å². The van der Waals surface area contributed by atoms with E-state index in [-0.39, 0.29) is 5.91 Å². The smallest absolute Gasteiger partial charge is 0.267 e. The molecule has 1 aromatic carbocycles. The van der Waals surface area contributed by atoms with Crippen molar-refractivity contribution >= 4 is 22.5 Å². The van der Waals surface area contributed by atoms with Crippen LogP contribution in [0.25, 0.3) is 10.9 Å². The second-order valence-corrected chi connectivity index (χ2v) is 4.65. The van der Waals surface area contributed by atoms with E-state index in [2.05, 4.69) is 10.3 Å². The van der Waals surface area contributed by atoms with Crippen LogP contribution in [0.3, 0.4) is 0 Å². The van der Waals surface area contributed by atoms with Gasteiger partial charge in [0.1, 0.15) is 5.69 Å². The third kappa shape index (κ3) is 1.98. The van der Waals surface area contributed by atoms with Crippen molar-refractivity contribution in [1.29, 1.82) is 0 Å². The van der Waals surface area contributed by atoms with Gasteiger partial charge in [-0.25, -0.2) is 0 Å². The van der Waals surface area contributed by atoms with E-state index in [1.807, 2.05) is 24.3 Å². The number of fused-ring (bicyclic) bond motifs is 1. The fourth-order valence-electron chi connectivity index (χ4n) is 1.96. The number of carbonyl (C=O) groups is 1. The van der Waals surface area contributed by atoms with E-state index in [0.29, 0.717) is 17.3 Å². The number of carbonyl (C=O) groups excluding carboxylic acids is 1. The molecule has 1 saturated carbocycles. The molecule has 1 aromatic heterocycles. The summed E-state index contributed by atoms with van der Waals surface area (Å²) >= 11 is 0. The van der Waals surface area contributed by atoms with Gasteiger partial charge in [-0.2, -0.15) is 0 Å². The Balaban J connectivity index is 1.84. The van der Waals surface area contributed by atoms with Crippen molar-refractivity contribution in [1.82, 2.24) is 10.3 Å². The summed E-state index contributed by atoms with van der Waals surface area (Å²) in [6.07, 6.45) is 2.47. The maximum Gasteiger partial charge on any atom is 0.267 e. The van der Waals surface area contributed by atoms with E-state index in [9.17, 15) is 4.79 Å². The molecule has 0 radical (unpaired) electrons. The van der Waals surface area contributed by atoms with Crippen LogP contribution in [0, 0.1) is 5.92 Å². The highest BCUT2D eigenvalue weighted by Crippen LogP contribution is 2.27. The van der Waals surface area contributed by atoms with Gasteiger partial charge in [0.05, 0.1) is 11.2 Å². The van der Waals surface area contributed by atoms with E-state index >= 15 is 0 Å². The largest absolute Gasteiger partial charge is 0.397 e. The first-order valence-corrected chi connectivity index (χ1v) is 5.89. The predicted octanol–water partition coefficient (Wildman–Crippen LogP) is 1.89. The fourth-order valence-corrected chi connectivity index (χ4v) is 1.96. The molecule has 1 aliphatic rings. The summed E-state index contributed by atoms with van der Waals surface area (Å²) in [5, 5.41) is 3.90. The monoisotopic (exact) mass is 229 g/mol. The minimum absolute atomic E-state index is 0.0486. The van der Waals surface area contributed by atoms with Gasteiger partial charge in [-0.05, 0) is 30.9 Å². The van der Waals surface area contributed by atoms with Crippen molar-refractivity contribution < 1.29 is 4.79 Å². The molecule has 88 valence electrons. The minimum Gasteiger partial charge on any atom is -0.397 e. The van der Waals surface area contributed by atoms with Gasteiger partial charge in [0.15, 0.2) is 0 Å². The number of amides is 1. The van der Waals surface area contributed by atoms with Crippen molar-refractivity contribution in [2.24, 2.45) is 5.92 Å². The second kappa shape index (κ2) is 3.80. The second-order valence-electron chi connectivity index (χ2n) is 4.65. The lowest BCUT2D eigenvalue weighted by Crippen LogP contribution is -2.25. The van der Waals surface area contributed by atoms with Crippen molar-refractivity contribution in [3.8, 4) is 0 Å². The average Bonchev–Trinajstić information content (AvgIpc) is 3.04. The highest BCUT2D eigenvalue weighted by Gasteiger charge is 2.22. The third-order valence-corrected chi connectivity index (χ3v) is 3.18. The lowest BCUT2D eigenvalue weighted by atomic mass is 10.2. The maximum absolute atomic E-state index is 11.9. The quantitative estimate of drug-likeness (QED) is 0.703. The van der Waals surface area contributed by atoms with Gasteiger partial charge in [-0.1, -0.05) is 12.1 Å². The molecule has 17 heavy (non-hydrogen) atoms. The Hall–Kier alpha value is -1.97. The van der Waals surface area contributed by atoms with E-state index in [0.717, 1.165) is 17.4 Å². The zero-order valence-electron chi connectivity index (χ0n) is 9.49. The molecular weight excluding hydrogens is 214 g/mol. The molecular formula is C13H15N3O. The van der Waals surface area contributed by atoms with E-state index in [1.165, 1.54) is 12.8 Å². The number of nitrogen functional groups attached to an aromatic ring is 1. The Morgan fingerprint density at radius 2 is 2.29 bits per heavy atom. The third-order valence-electron chi connectivity index (χ3n) is 3.18. The minimum atomic E-state index is -0.0486. The molecule has 1 aliphatic carbocycles. The van der Waals surface area contributed by atoms with Crippen LogP contribution in [0.4, 0.5) is 5.69 Å². The zero-order chi connectivity index (χ0) is 11.8. The van der Waals surface area contributed by atoms with Crippen molar-refractivity contribution in [3.05, 3.63) is 30.0 Å². The summed E-state index contributed by atoms with van der Waals surface area (Å²) in [5.41, 5.74) is 7.93. The molecule has 3 rings (SSSR count). The number of rotatable bonds is 3. The van der Waals surface area contributed by atoms with E-state index in [1.54, 1.807) is 0 Å². The van der Waals surface area contributed by atoms with Crippen LogP contribution in [0.2, 0.25) is 0 Å². The van der Waals surface area contributed by atoms with Crippen LogP contribution in [0.1, 0.15) is 23.3 Å². The molecule has 4 N–H and O–H groups in total. The lowest BCUT2D eigenvalue weighted by molar-refractivity contribution is 0.0947. The molecule has 0 spiro atoms. The number of hydrogen-bond donors (Lipinski definition) is 3. The number of nitrogens with two attached hydrogens (primary N) is 1. The molecule has 0 bridgehead atoms. The van der Waals surface area contributed by atoms with E-state index in [4.69, 9.17) is 5.73 Å². The molecule has 4 heteroatoms. The standard InChI is InChI=1S/C13H15N3O/c14-10-3-1-2-9-6-11(16-12(9)10)13(17)15-7-8-4-5-8/h1-3,6,8,16H,4-5,7,14H2,(H,15,17). The van der Waals surface area contributed by atoms with Crippen molar-refractivity contribution in [2.75, 3.05) is 12.3 Å². The number of anilines is 1. The maximum atomic E-state index is 11.9. The van der Waals surface area contributed by atoms with Crippen LogP contribution >= 0.6 is 0 Å². The number of benzene rings is 1. The molecule has 0 saturated heterocycles. The molecule has 4 nitrogen and oxygen atoms in total. The van der Waals surface area contributed by atoms with Gasteiger partial charge in [-0.15, -0.1) is 0 Å². The Kier molecular flexibility index (Phi) is 2.28. The van der Waals surface area contributed by atoms with Crippen LogP contribution in [0.15, 0.2) is 24.3 Å². The Morgan fingerprint density at radius 3 is 3.00 bits per heavy atom. The number of aromatic nitrogens is 1. The van der Waals surface area contributed by atoms with Gasteiger partial charge >= 0.3 is 0 Å². The number of aromatic amines is 1. The summed E-state index contributed by atoms with van der Waals surface area (Å²) in [4.78, 5) is 14.9. The first-order chi connectivity index (χ1) is 8.24. The highest BCUT2D eigenvalue weighted by molar-refractivity contribution is 6.00. The molecule has 0 unspecified atom stereocenters. The Morgan fingerprint density at radius 1 is 1.47 bits per heavy atom. The Labute approximate surface area is 99.2 Å². The summed E-state index contributed by atoms with van der Waals surface area (Å²) in [5.74, 6) is 0.640. The first kappa shape index (κ1) is 10.2. The highest BCUT2D eigenvalue weighted by atomic mass is 16.1. The van der Waals surface area contributed by atoms with Crippen LogP contribution in [-0.2, 0) is 0 Å². The first-order valence-electron chi connectivity index (χ1n) is 5.89. The molecule has 1 fully saturated rings. The van der Waals surface area contributed by atoms with E-state index < -0.39 is 0 Å². The van der Waals surface area contributed by atoms with Gasteiger partial charge in [0, 0.05) is 11.9 Å². The zero-order valence-corrected chi connectivity index (χ0v) is 9.49. The summed E-state index contributed by atoms with van der Waals surface area (Å²) in [6, 6.07) is 7.50. The summed E-state index contributed by atoms with van der Waals surface area (Å²) in [6.45, 7) is 0.781. The normalized spacial score (nSPS) is 15.1. The molecule has 1 amide bonds. The Bertz CT molecular complexity index is 569. The van der Waals surface area contributed by atoms with Gasteiger partial charge in [0.25, 0.3) is 5.91 Å². The van der Waals surface area contributed by atoms with Gasteiger partial charge in [0.2, 0.25) is 0 Å². The summed E-state index contributed by atoms with van der Waals surface area (Å²) < 4.78 is 0. The summed E-state index contributed by atoms with van der Waals surface area (Å²) in [7, 11) is 0. The number of hydrogen-bond acceptors (Lipinski definition) is 2. The SMILES string of the molecule is Nc1cccc2cc(C(=O)NCC3CC3)[nH]c12. The van der Waals surface area contributed by atoms with Gasteiger partial charge in [-0.3, -0.25) is 4.79 Å². The topological polar surface area (TPSA) is 70.9 Å².